The van der Waals surface area contributed by atoms with Crippen molar-refractivity contribution in [1.82, 2.24) is 15.5 Å². The quantitative estimate of drug-likeness (QED) is 0.639. The highest BCUT2D eigenvalue weighted by molar-refractivity contribution is 5.77. The molecule has 0 spiro atoms. The average Bonchev–Trinajstić information content (AvgIpc) is 2.45. The summed E-state index contributed by atoms with van der Waals surface area (Å²) < 4.78 is 0. The van der Waals surface area contributed by atoms with Gasteiger partial charge in [0.05, 0.1) is 6.54 Å². The highest BCUT2D eigenvalue weighted by atomic mass is 16.1. The van der Waals surface area contributed by atoms with Crippen molar-refractivity contribution in [3.05, 3.63) is 35.9 Å². The molecule has 0 bridgehead atoms. The Morgan fingerprint density at radius 1 is 1.20 bits per heavy atom. The van der Waals surface area contributed by atoms with Crippen LogP contribution in [0.4, 0.5) is 0 Å². The molecule has 0 saturated carbocycles. The molecule has 0 aliphatic carbocycles. The normalized spacial score (nSPS) is 10.8. The van der Waals surface area contributed by atoms with E-state index in [1.165, 1.54) is 5.56 Å². The van der Waals surface area contributed by atoms with E-state index >= 15 is 0 Å². The molecule has 1 aromatic rings. The molecular formula is C16H27N3O. The van der Waals surface area contributed by atoms with Gasteiger partial charge in [-0.05, 0) is 38.5 Å². The third-order valence-corrected chi connectivity index (χ3v) is 3.05. The standard InChI is InChI=1S/C16H27N3O/c1-3-10-18-16(20)13-17-11-7-12-19(2)14-15-8-5-4-6-9-15/h4-6,8-9,17H,3,7,10-14H2,1-2H3,(H,18,20). The molecule has 0 aliphatic heterocycles. The summed E-state index contributed by atoms with van der Waals surface area (Å²) in [6.07, 6.45) is 2.03. The van der Waals surface area contributed by atoms with E-state index in [0.29, 0.717) is 6.54 Å². The van der Waals surface area contributed by atoms with Crippen LogP contribution in [0.1, 0.15) is 25.3 Å². The molecule has 0 saturated heterocycles. The molecule has 1 aromatic carbocycles. The number of hydrogen-bond donors (Lipinski definition) is 2. The molecule has 1 rings (SSSR count). The monoisotopic (exact) mass is 277 g/mol. The second-order valence-corrected chi connectivity index (χ2v) is 5.10. The lowest BCUT2D eigenvalue weighted by molar-refractivity contribution is -0.120. The third-order valence-electron chi connectivity index (χ3n) is 3.05. The van der Waals surface area contributed by atoms with Crippen LogP contribution in [0.3, 0.4) is 0 Å². The Bertz CT molecular complexity index is 367. The van der Waals surface area contributed by atoms with Gasteiger partial charge in [0.1, 0.15) is 0 Å². The van der Waals surface area contributed by atoms with Crippen LogP contribution in [0.15, 0.2) is 30.3 Å². The number of carbonyl (C=O) groups is 1. The maximum atomic E-state index is 11.4. The first-order valence-electron chi connectivity index (χ1n) is 7.42. The fourth-order valence-electron chi connectivity index (χ4n) is 1.98. The molecular weight excluding hydrogens is 250 g/mol. The van der Waals surface area contributed by atoms with Crippen molar-refractivity contribution >= 4 is 5.91 Å². The summed E-state index contributed by atoms with van der Waals surface area (Å²) in [5.74, 6) is 0.0875. The van der Waals surface area contributed by atoms with Crippen LogP contribution in [0, 0.1) is 0 Å². The van der Waals surface area contributed by atoms with E-state index in [1.807, 2.05) is 6.07 Å². The average molecular weight is 277 g/mol. The number of carbonyl (C=O) groups excluding carboxylic acids is 1. The predicted octanol–water partition coefficient (Wildman–Crippen LogP) is 1.62. The molecule has 4 nitrogen and oxygen atoms in total. The SMILES string of the molecule is CCCNC(=O)CNCCCN(C)Cc1ccccc1. The molecule has 112 valence electrons. The third kappa shape index (κ3) is 7.92. The highest BCUT2D eigenvalue weighted by Gasteiger charge is 2.01. The number of nitrogens with one attached hydrogen (secondary N) is 2. The van der Waals surface area contributed by atoms with E-state index in [1.54, 1.807) is 0 Å². The Labute approximate surface area is 122 Å². The van der Waals surface area contributed by atoms with Gasteiger partial charge in [0.25, 0.3) is 0 Å². The van der Waals surface area contributed by atoms with Crippen LogP contribution >= 0.6 is 0 Å². The Morgan fingerprint density at radius 3 is 2.65 bits per heavy atom. The van der Waals surface area contributed by atoms with Gasteiger partial charge in [-0.3, -0.25) is 4.79 Å². The van der Waals surface area contributed by atoms with Crippen LogP contribution in [0.25, 0.3) is 0 Å². The fraction of sp³-hybridized carbons (Fsp3) is 0.562. The summed E-state index contributed by atoms with van der Waals surface area (Å²) >= 11 is 0. The summed E-state index contributed by atoms with van der Waals surface area (Å²) in [4.78, 5) is 13.7. The van der Waals surface area contributed by atoms with Crippen LogP contribution in [0.5, 0.6) is 0 Å². The predicted molar refractivity (Wildman–Crippen MR) is 83.6 cm³/mol. The van der Waals surface area contributed by atoms with E-state index in [9.17, 15) is 4.79 Å². The van der Waals surface area contributed by atoms with Gasteiger partial charge in [0.15, 0.2) is 0 Å². The van der Waals surface area contributed by atoms with Crippen molar-refractivity contribution in [2.45, 2.75) is 26.3 Å². The largest absolute Gasteiger partial charge is 0.355 e. The second kappa shape index (κ2) is 10.4. The van der Waals surface area contributed by atoms with Gasteiger partial charge >= 0.3 is 0 Å². The van der Waals surface area contributed by atoms with Crippen LogP contribution in [-0.4, -0.2) is 44.0 Å². The molecule has 0 fully saturated rings. The number of nitrogens with zero attached hydrogens (tertiary/aromatic N) is 1. The zero-order valence-electron chi connectivity index (χ0n) is 12.7. The van der Waals surface area contributed by atoms with Crippen molar-refractivity contribution in [2.75, 3.05) is 33.2 Å². The lowest BCUT2D eigenvalue weighted by Gasteiger charge is -2.16. The number of rotatable bonds is 10. The van der Waals surface area contributed by atoms with E-state index in [-0.39, 0.29) is 5.91 Å². The lowest BCUT2D eigenvalue weighted by Crippen LogP contribution is -2.35. The van der Waals surface area contributed by atoms with Gasteiger partial charge in [0, 0.05) is 13.1 Å². The lowest BCUT2D eigenvalue weighted by atomic mass is 10.2. The smallest absolute Gasteiger partial charge is 0.233 e. The molecule has 1 amide bonds. The van der Waals surface area contributed by atoms with Crippen molar-refractivity contribution in [1.29, 1.82) is 0 Å². The first-order chi connectivity index (χ1) is 9.72. The zero-order chi connectivity index (χ0) is 14.6. The van der Waals surface area contributed by atoms with Gasteiger partial charge in [-0.15, -0.1) is 0 Å². The number of benzene rings is 1. The molecule has 0 heterocycles. The topological polar surface area (TPSA) is 44.4 Å². The van der Waals surface area contributed by atoms with Crippen molar-refractivity contribution < 1.29 is 4.79 Å². The molecule has 0 atom stereocenters. The van der Waals surface area contributed by atoms with Crippen LogP contribution < -0.4 is 10.6 Å². The van der Waals surface area contributed by atoms with E-state index < -0.39 is 0 Å². The molecule has 20 heavy (non-hydrogen) atoms. The van der Waals surface area contributed by atoms with Crippen molar-refractivity contribution in [2.24, 2.45) is 0 Å². The summed E-state index contributed by atoms with van der Waals surface area (Å²) in [6.45, 7) is 6.11. The van der Waals surface area contributed by atoms with Gasteiger partial charge in [-0.2, -0.15) is 0 Å². The minimum Gasteiger partial charge on any atom is -0.355 e. The van der Waals surface area contributed by atoms with E-state index in [0.717, 1.165) is 39.0 Å². The maximum absolute atomic E-state index is 11.4. The van der Waals surface area contributed by atoms with Crippen molar-refractivity contribution in [3.8, 4) is 0 Å². The van der Waals surface area contributed by atoms with Crippen molar-refractivity contribution in [3.63, 3.8) is 0 Å². The van der Waals surface area contributed by atoms with E-state index in [2.05, 4.69) is 53.8 Å². The van der Waals surface area contributed by atoms with Crippen LogP contribution in [-0.2, 0) is 11.3 Å². The summed E-state index contributed by atoms with van der Waals surface area (Å²) in [7, 11) is 2.13. The first-order valence-corrected chi connectivity index (χ1v) is 7.42. The maximum Gasteiger partial charge on any atom is 0.233 e. The number of hydrogen-bond acceptors (Lipinski definition) is 3. The Hall–Kier alpha value is -1.39. The molecule has 0 radical (unpaired) electrons. The van der Waals surface area contributed by atoms with Gasteiger partial charge in [0.2, 0.25) is 5.91 Å². The van der Waals surface area contributed by atoms with Gasteiger partial charge in [-0.25, -0.2) is 0 Å². The van der Waals surface area contributed by atoms with Gasteiger partial charge in [-0.1, -0.05) is 37.3 Å². The Kier molecular flexibility index (Phi) is 8.67. The Morgan fingerprint density at radius 2 is 1.95 bits per heavy atom. The molecule has 0 unspecified atom stereocenters. The molecule has 0 aromatic heterocycles. The van der Waals surface area contributed by atoms with E-state index in [4.69, 9.17) is 0 Å². The molecule has 4 heteroatoms. The first kappa shape index (κ1) is 16.7. The fourth-order valence-corrected chi connectivity index (χ4v) is 1.98. The second-order valence-electron chi connectivity index (χ2n) is 5.10. The summed E-state index contributed by atoms with van der Waals surface area (Å²) in [5.41, 5.74) is 1.34. The van der Waals surface area contributed by atoms with Gasteiger partial charge < -0.3 is 15.5 Å². The summed E-state index contributed by atoms with van der Waals surface area (Å²) in [6, 6.07) is 10.5. The minimum absolute atomic E-state index is 0.0875. The molecule has 0 aliphatic rings. The Balaban J connectivity index is 2.02. The molecule has 2 N–H and O–H groups in total. The van der Waals surface area contributed by atoms with Crippen LogP contribution in [0.2, 0.25) is 0 Å². The highest BCUT2D eigenvalue weighted by Crippen LogP contribution is 2.02. The zero-order valence-corrected chi connectivity index (χ0v) is 12.7. The minimum atomic E-state index is 0.0875. The number of amides is 1. The summed E-state index contributed by atoms with van der Waals surface area (Å²) in [5, 5.41) is 6.03.